The van der Waals surface area contributed by atoms with Crippen LogP contribution >= 0.6 is 0 Å². The highest BCUT2D eigenvalue weighted by atomic mass is 19.1. The summed E-state index contributed by atoms with van der Waals surface area (Å²) < 4.78 is 14.7. The molecule has 7 rings (SSSR count). The number of pyridine rings is 2. The monoisotopic (exact) mass is 616 g/mol. The van der Waals surface area contributed by atoms with Gasteiger partial charge < -0.3 is 20.5 Å². The molecule has 4 heterocycles. The van der Waals surface area contributed by atoms with Gasteiger partial charge in [0.2, 0.25) is 5.91 Å². The number of hydrogen-bond donors (Lipinski definition) is 4. The van der Waals surface area contributed by atoms with Crippen LogP contribution in [-0.4, -0.2) is 63.1 Å². The van der Waals surface area contributed by atoms with Crippen LogP contribution in [0.3, 0.4) is 0 Å². The fourth-order valence-corrected chi connectivity index (χ4v) is 6.34. The molecule has 4 N–H and O–H groups in total. The second-order valence-corrected chi connectivity index (χ2v) is 12.4. The van der Waals surface area contributed by atoms with Crippen molar-refractivity contribution in [2.45, 2.75) is 32.1 Å². The first-order valence-electron chi connectivity index (χ1n) is 15.8. The van der Waals surface area contributed by atoms with Crippen molar-refractivity contribution >= 4 is 39.1 Å². The summed E-state index contributed by atoms with van der Waals surface area (Å²) in [5.74, 6) is -0.173. The van der Waals surface area contributed by atoms with Gasteiger partial charge in [-0.2, -0.15) is 5.10 Å². The number of H-pyrrole nitrogens is 2. The van der Waals surface area contributed by atoms with E-state index in [4.69, 9.17) is 0 Å². The molecule has 1 amide bonds. The summed E-state index contributed by atoms with van der Waals surface area (Å²) in [4.78, 5) is 27.5. The Morgan fingerprint density at radius 2 is 1.72 bits per heavy atom. The molecule has 0 saturated heterocycles. The van der Waals surface area contributed by atoms with Crippen molar-refractivity contribution in [3.05, 3.63) is 79.0 Å². The van der Waals surface area contributed by atoms with E-state index < -0.39 is 0 Å². The summed E-state index contributed by atoms with van der Waals surface area (Å²) in [5, 5.41) is 16.0. The van der Waals surface area contributed by atoms with Gasteiger partial charge in [0.15, 0.2) is 0 Å². The third-order valence-corrected chi connectivity index (χ3v) is 8.74. The van der Waals surface area contributed by atoms with Gasteiger partial charge in [-0.3, -0.25) is 19.9 Å². The fourth-order valence-electron chi connectivity index (χ4n) is 6.34. The van der Waals surface area contributed by atoms with E-state index in [1.807, 2.05) is 50.5 Å². The molecule has 46 heavy (non-hydrogen) atoms. The molecule has 2 aromatic carbocycles. The summed E-state index contributed by atoms with van der Waals surface area (Å²) in [6.07, 6.45) is 10.6. The number of nitrogens with one attached hydrogen (secondary N) is 4. The number of likely N-dealkylation sites (N-methyl/N-ethyl adjacent to an activating group) is 1. The van der Waals surface area contributed by atoms with Gasteiger partial charge in [0.1, 0.15) is 11.5 Å². The zero-order valence-electron chi connectivity index (χ0n) is 26.0. The largest absolute Gasteiger partial charge is 0.384 e. The Morgan fingerprint density at radius 3 is 2.57 bits per heavy atom. The number of hydrogen-bond acceptors (Lipinski definition) is 6. The highest BCUT2D eigenvalue weighted by Gasteiger charge is 2.21. The molecular weight excluding hydrogens is 579 g/mol. The van der Waals surface area contributed by atoms with Crippen LogP contribution in [0, 0.1) is 11.7 Å². The molecule has 9 nitrogen and oxygen atoms in total. The summed E-state index contributed by atoms with van der Waals surface area (Å²) in [5.41, 5.74) is 8.01. The molecule has 0 bridgehead atoms. The number of amides is 1. The summed E-state index contributed by atoms with van der Waals surface area (Å²) >= 11 is 0. The van der Waals surface area contributed by atoms with E-state index in [9.17, 15) is 9.18 Å². The van der Waals surface area contributed by atoms with Crippen molar-refractivity contribution in [2.24, 2.45) is 5.92 Å². The lowest BCUT2D eigenvalue weighted by atomic mass is 9.88. The van der Waals surface area contributed by atoms with E-state index in [0.717, 1.165) is 76.5 Å². The second-order valence-electron chi connectivity index (χ2n) is 12.4. The lowest BCUT2D eigenvalue weighted by Gasteiger charge is -2.20. The molecule has 0 spiro atoms. The first-order valence-corrected chi connectivity index (χ1v) is 15.8. The van der Waals surface area contributed by atoms with Gasteiger partial charge >= 0.3 is 0 Å². The molecule has 1 aliphatic rings. The van der Waals surface area contributed by atoms with Crippen molar-refractivity contribution in [3.8, 4) is 33.8 Å². The van der Waals surface area contributed by atoms with Crippen molar-refractivity contribution < 1.29 is 9.18 Å². The van der Waals surface area contributed by atoms with Crippen LogP contribution in [0.2, 0.25) is 0 Å². The van der Waals surface area contributed by atoms with Gasteiger partial charge in [0, 0.05) is 64.5 Å². The van der Waals surface area contributed by atoms with Crippen LogP contribution in [0.15, 0.2) is 73.2 Å². The molecule has 1 saturated carbocycles. The minimum Gasteiger partial charge on any atom is -0.384 e. The number of benzene rings is 2. The highest BCUT2D eigenvalue weighted by Crippen LogP contribution is 2.35. The highest BCUT2D eigenvalue weighted by molar-refractivity contribution is 6.01. The van der Waals surface area contributed by atoms with Crippen LogP contribution in [0.25, 0.3) is 55.6 Å². The Hall–Kier alpha value is -5.09. The van der Waals surface area contributed by atoms with Crippen LogP contribution in [0.5, 0.6) is 0 Å². The quantitative estimate of drug-likeness (QED) is 0.134. The van der Waals surface area contributed by atoms with Crippen LogP contribution in [0.4, 0.5) is 15.8 Å². The predicted molar refractivity (Wildman–Crippen MR) is 182 cm³/mol. The van der Waals surface area contributed by atoms with E-state index in [2.05, 4.69) is 46.7 Å². The smallest absolute Gasteiger partial charge is 0.227 e. The summed E-state index contributed by atoms with van der Waals surface area (Å²) in [7, 11) is 4.01. The van der Waals surface area contributed by atoms with Crippen molar-refractivity contribution in [2.75, 3.05) is 37.8 Å². The number of halogens is 1. The maximum atomic E-state index is 14.7. The van der Waals surface area contributed by atoms with Crippen LogP contribution in [-0.2, 0) is 4.79 Å². The molecule has 234 valence electrons. The van der Waals surface area contributed by atoms with E-state index in [1.54, 1.807) is 18.6 Å². The Labute approximate surface area is 266 Å². The lowest BCUT2D eigenvalue weighted by Crippen LogP contribution is -2.24. The molecule has 1 fully saturated rings. The van der Waals surface area contributed by atoms with Gasteiger partial charge in [-0.25, -0.2) is 4.39 Å². The zero-order chi connectivity index (χ0) is 31.6. The molecule has 6 aromatic rings. The molecule has 1 aliphatic carbocycles. The molecule has 4 aromatic heterocycles. The third-order valence-electron chi connectivity index (χ3n) is 8.74. The van der Waals surface area contributed by atoms with Crippen molar-refractivity contribution in [3.63, 3.8) is 0 Å². The SMILES string of the molecule is CN(C)CCNc1cc(F)cc(-c2nccc3[nH]c(-c4n[nH]c5ccc(-c6cncc(NC(=O)C7CCCCC7)c6)cc45)cc23)c1. The number of carbonyl (C=O) groups is 1. The Morgan fingerprint density at radius 1 is 0.891 bits per heavy atom. The van der Waals surface area contributed by atoms with Crippen LogP contribution < -0.4 is 10.6 Å². The minimum atomic E-state index is -0.322. The molecule has 0 aliphatic heterocycles. The molecule has 0 radical (unpaired) electrons. The van der Waals surface area contributed by atoms with Gasteiger partial charge in [0.05, 0.1) is 28.8 Å². The van der Waals surface area contributed by atoms with E-state index in [1.165, 1.54) is 18.6 Å². The average molecular weight is 617 g/mol. The summed E-state index contributed by atoms with van der Waals surface area (Å²) in [6, 6.07) is 17.0. The van der Waals surface area contributed by atoms with Gasteiger partial charge in [-0.15, -0.1) is 0 Å². The second kappa shape index (κ2) is 12.7. The number of nitrogens with zero attached hydrogens (tertiary/aromatic N) is 4. The van der Waals surface area contributed by atoms with Gasteiger partial charge in [-0.1, -0.05) is 25.3 Å². The Kier molecular flexibility index (Phi) is 8.19. The van der Waals surface area contributed by atoms with Crippen LogP contribution in [0.1, 0.15) is 32.1 Å². The van der Waals surface area contributed by atoms with Gasteiger partial charge in [0.25, 0.3) is 0 Å². The van der Waals surface area contributed by atoms with E-state index >= 15 is 0 Å². The molecule has 0 atom stereocenters. The third kappa shape index (κ3) is 6.21. The normalized spacial score (nSPS) is 13.9. The Balaban J connectivity index is 1.19. The first kappa shape index (κ1) is 29.6. The number of anilines is 2. The van der Waals surface area contributed by atoms with Crippen molar-refractivity contribution in [1.29, 1.82) is 0 Å². The Bertz CT molecular complexity index is 2020. The lowest BCUT2D eigenvalue weighted by molar-refractivity contribution is -0.120. The maximum absolute atomic E-state index is 14.7. The first-order chi connectivity index (χ1) is 22.4. The zero-order valence-corrected chi connectivity index (χ0v) is 26.0. The van der Waals surface area contributed by atoms with E-state index in [0.29, 0.717) is 29.2 Å². The number of aromatic amines is 2. The van der Waals surface area contributed by atoms with E-state index in [-0.39, 0.29) is 17.6 Å². The fraction of sp³-hybridized carbons (Fsp3) is 0.278. The topological polar surface area (TPSA) is 115 Å². The summed E-state index contributed by atoms with van der Waals surface area (Å²) in [6.45, 7) is 1.53. The standard InChI is InChI=1S/C36H37FN8O/c1-45(2)13-12-39-27-15-24(14-26(37)18-27)34-30-19-33(42-31(30)10-11-40-34)35-29-17-23(8-9-32(29)43-44-35)25-16-28(21-38-20-25)41-36(46)22-6-4-3-5-7-22/h8-11,14-22,39,42H,3-7,12-13H2,1-2H3,(H,41,46)(H,43,44). The predicted octanol–water partition coefficient (Wildman–Crippen LogP) is 7.47. The number of fused-ring (bicyclic) bond motifs is 2. The molecule has 10 heteroatoms. The number of aromatic nitrogens is 5. The van der Waals surface area contributed by atoms with Gasteiger partial charge in [-0.05, 0) is 81.0 Å². The maximum Gasteiger partial charge on any atom is 0.227 e. The number of carbonyl (C=O) groups excluding carboxylic acids is 1. The number of rotatable bonds is 9. The van der Waals surface area contributed by atoms with Crippen molar-refractivity contribution in [1.82, 2.24) is 30.0 Å². The molecular formula is C36H37FN8O. The minimum absolute atomic E-state index is 0.0713. The average Bonchev–Trinajstić information content (AvgIpc) is 3.69. The molecule has 0 unspecified atom stereocenters.